The van der Waals surface area contributed by atoms with Crippen molar-refractivity contribution < 1.29 is 4.92 Å². The molecule has 1 heterocycles. The number of nitro groups is 1. The number of nitrogens with two attached hydrogens (primary N) is 1. The lowest BCUT2D eigenvalue weighted by atomic mass is 10.1. The Kier molecular flexibility index (Phi) is 6.86. The lowest BCUT2D eigenvalue weighted by molar-refractivity contribution is -0.384. The fraction of sp³-hybridized carbons (Fsp3) is 0.273. The molecule has 0 saturated heterocycles. The molecule has 0 saturated carbocycles. The summed E-state index contributed by atoms with van der Waals surface area (Å²) in [6.45, 7) is 3.06. The molecule has 0 bridgehead atoms. The van der Waals surface area contributed by atoms with Gasteiger partial charge in [0.25, 0.3) is 11.2 Å². The summed E-state index contributed by atoms with van der Waals surface area (Å²) < 4.78 is 1.38. The molecule has 0 radical (unpaired) electrons. The maximum Gasteiger partial charge on any atom is 0.330 e. The van der Waals surface area contributed by atoms with Crippen molar-refractivity contribution in [1.82, 2.24) is 9.55 Å². The van der Waals surface area contributed by atoms with E-state index in [9.17, 15) is 19.7 Å². The van der Waals surface area contributed by atoms with Gasteiger partial charge in [0.1, 0.15) is 11.5 Å². The molecule has 3 aromatic rings. The molecule has 0 amide bonds. The molecule has 3 N–H and O–H groups in total. The second kappa shape index (κ2) is 9.75. The largest absolute Gasteiger partial charge is 0.383 e. The minimum atomic E-state index is -0.562. The molecule has 9 nitrogen and oxygen atoms in total. The molecule has 0 spiro atoms. The highest BCUT2D eigenvalue weighted by molar-refractivity contribution is 5.63. The quantitative estimate of drug-likeness (QED) is 0.402. The number of nitro benzene ring substituents is 1. The number of non-ortho nitro benzene ring substituents is 1. The Hall–Kier alpha value is -3.88. The third kappa shape index (κ3) is 5.19. The van der Waals surface area contributed by atoms with Crippen LogP contribution in [-0.2, 0) is 19.6 Å². The van der Waals surface area contributed by atoms with Crippen LogP contribution in [0.15, 0.2) is 64.2 Å². The van der Waals surface area contributed by atoms with Crippen LogP contribution in [0.25, 0.3) is 0 Å². The zero-order valence-electron chi connectivity index (χ0n) is 17.3. The molecule has 0 aliphatic rings. The Balaban J connectivity index is 2.04. The maximum absolute atomic E-state index is 12.8. The minimum absolute atomic E-state index is 0.0103. The number of hydrogen-bond donors (Lipinski definition) is 2. The second-order valence-electron chi connectivity index (χ2n) is 7.26. The molecule has 31 heavy (non-hydrogen) atoms. The van der Waals surface area contributed by atoms with Crippen LogP contribution in [0.4, 0.5) is 17.2 Å². The maximum atomic E-state index is 12.8. The van der Waals surface area contributed by atoms with Crippen molar-refractivity contribution in [1.29, 1.82) is 0 Å². The van der Waals surface area contributed by atoms with Crippen LogP contribution in [0.5, 0.6) is 0 Å². The second-order valence-corrected chi connectivity index (χ2v) is 7.26. The Morgan fingerprint density at radius 2 is 1.65 bits per heavy atom. The van der Waals surface area contributed by atoms with Crippen molar-refractivity contribution in [3.63, 3.8) is 0 Å². The van der Waals surface area contributed by atoms with Gasteiger partial charge in [-0.1, -0.05) is 55.8 Å². The number of nitrogen functional groups attached to an aromatic ring is 1. The van der Waals surface area contributed by atoms with Crippen LogP contribution in [-0.4, -0.2) is 14.5 Å². The van der Waals surface area contributed by atoms with E-state index in [-0.39, 0.29) is 23.7 Å². The number of anilines is 2. The number of unbranched alkanes of at least 4 members (excludes halogenated alkanes) is 1. The van der Waals surface area contributed by atoms with E-state index in [1.165, 1.54) is 16.7 Å². The van der Waals surface area contributed by atoms with Crippen LogP contribution in [0.1, 0.15) is 30.9 Å². The monoisotopic (exact) mass is 423 g/mol. The zero-order valence-corrected chi connectivity index (χ0v) is 17.3. The summed E-state index contributed by atoms with van der Waals surface area (Å²) in [6.07, 6.45) is 1.62. The van der Waals surface area contributed by atoms with Crippen molar-refractivity contribution in [2.45, 2.75) is 39.4 Å². The highest BCUT2D eigenvalue weighted by atomic mass is 16.6. The summed E-state index contributed by atoms with van der Waals surface area (Å²) >= 11 is 0. The van der Waals surface area contributed by atoms with Crippen molar-refractivity contribution in [2.24, 2.45) is 0 Å². The van der Waals surface area contributed by atoms with Gasteiger partial charge in [-0.3, -0.25) is 24.5 Å². The highest BCUT2D eigenvalue weighted by Gasteiger charge is 2.20. The summed E-state index contributed by atoms with van der Waals surface area (Å²) in [7, 11) is 0. The SMILES string of the molecule is CCCCn1c(N)c(N(Cc2ccccc2)Cc2ccc([N+](=O)[O-])cc2)c(=O)[nH]c1=O. The third-order valence-electron chi connectivity index (χ3n) is 5.00. The zero-order chi connectivity index (χ0) is 22.4. The summed E-state index contributed by atoms with van der Waals surface area (Å²) in [5.41, 5.74) is 7.13. The fourth-order valence-corrected chi connectivity index (χ4v) is 3.38. The summed E-state index contributed by atoms with van der Waals surface area (Å²) in [5, 5.41) is 10.9. The topological polar surface area (TPSA) is 127 Å². The number of benzene rings is 2. The first-order valence-electron chi connectivity index (χ1n) is 10.1. The Morgan fingerprint density at radius 1 is 1.03 bits per heavy atom. The molecule has 0 aliphatic carbocycles. The van der Waals surface area contributed by atoms with Crippen LogP contribution < -0.4 is 21.9 Å². The number of nitrogens with zero attached hydrogens (tertiary/aromatic N) is 3. The molecule has 3 rings (SSSR count). The van der Waals surface area contributed by atoms with Gasteiger partial charge in [0.05, 0.1) is 4.92 Å². The van der Waals surface area contributed by atoms with Crippen molar-refractivity contribution in [3.05, 3.63) is 96.7 Å². The van der Waals surface area contributed by atoms with Crippen molar-refractivity contribution >= 4 is 17.2 Å². The molecule has 0 aliphatic heterocycles. The normalized spacial score (nSPS) is 10.7. The van der Waals surface area contributed by atoms with Crippen LogP contribution in [0.2, 0.25) is 0 Å². The van der Waals surface area contributed by atoms with Crippen molar-refractivity contribution in [2.75, 3.05) is 10.6 Å². The summed E-state index contributed by atoms with van der Waals surface area (Å²) in [5.74, 6) is 0.111. The van der Waals surface area contributed by atoms with E-state index in [1.54, 1.807) is 17.0 Å². The van der Waals surface area contributed by atoms with Gasteiger partial charge >= 0.3 is 5.69 Å². The number of hydrogen-bond acceptors (Lipinski definition) is 6. The van der Waals surface area contributed by atoms with Crippen molar-refractivity contribution in [3.8, 4) is 0 Å². The molecular formula is C22H25N5O4. The first-order valence-corrected chi connectivity index (χ1v) is 10.1. The van der Waals surface area contributed by atoms with Gasteiger partial charge in [-0.2, -0.15) is 0 Å². The lowest BCUT2D eigenvalue weighted by Crippen LogP contribution is -2.38. The van der Waals surface area contributed by atoms with Crippen LogP contribution in [0, 0.1) is 10.1 Å². The van der Waals surface area contributed by atoms with Gasteiger partial charge in [0, 0.05) is 31.8 Å². The predicted octanol–water partition coefficient (Wildman–Crippen LogP) is 3.03. The smallest absolute Gasteiger partial charge is 0.330 e. The van der Waals surface area contributed by atoms with Crippen LogP contribution >= 0.6 is 0 Å². The highest BCUT2D eigenvalue weighted by Crippen LogP contribution is 2.23. The van der Waals surface area contributed by atoms with E-state index in [4.69, 9.17) is 5.73 Å². The molecular weight excluding hydrogens is 398 g/mol. The third-order valence-corrected chi connectivity index (χ3v) is 5.00. The molecule has 162 valence electrons. The predicted molar refractivity (Wildman–Crippen MR) is 120 cm³/mol. The molecule has 1 aromatic heterocycles. The average molecular weight is 423 g/mol. The molecule has 0 unspecified atom stereocenters. The standard InChI is InChI=1S/C22H25N5O4/c1-2-3-13-26-20(23)19(21(28)24-22(26)29)25(14-16-7-5-4-6-8-16)15-17-9-11-18(12-10-17)27(30)31/h4-12H,2-3,13-15,23H2,1H3,(H,24,28,29). The van der Waals surface area contributed by atoms with E-state index >= 15 is 0 Å². The van der Waals surface area contributed by atoms with E-state index in [2.05, 4.69) is 4.98 Å². The van der Waals surface area contributed by atoms with E-state index in [0.717, 1.165) is 24.0 Å². The molecule has 0 fully saturated rings. The van der Waals surface area contributed by atoms with Gasteiger partial charge in [-0.15, -0.1) is 0 Å². The number of aromatic nitrogens is 2. The van der Waals surface area contributed by atoms with E-state index < -0.39 is 16.2 Å². The fourth-order valence-electron chi connectivity index (χ4n) is 3.38. The van der Waals surface area contributed by atoms with E-state index in [1.807, 2.05) is 37.3 Å². The first-order chi connectivity index (χ1) is 14.9. The molecule has 9 heteroatoms. The van der Waals surface area contributed by atoms with Gasteiger partial charge in [0.2, 0.25) is 0 Å². The molecule has 0 atom stereocenters. The Labute approximate surface area is 178 Å². The van der Waals surface area contributed by atoms with E-state index in [0.29, 0.717) is 13.1 Å². The minimum Gasteiger partial charge on any atom is -0.383 e. The number of rotatable bonds is 9. The van der Waals surface area contributed by atoms with Crippen LogP contribution in [0.3, 0.4) is 0 Å². The Bertz CT molecular complexity index is 1150. The number of aromatic amines is 1. The summed E-state index contributed by atoms with van der Waals surface area (Å²) in [6, 6.07) is 15.7. The van der Waals surface area contributed by atoms with Gasteiger partial charge in [-0.25, -0.2) is 4.79 Å². The number of H-pyrrole nitrogens is 1. The number of nitrogens with one attached hydrogen (secondary N) is 1. The average Bonchev–Trinajstić information content (AvgIpc) is 2.74. The van der Waals surface area contributed by atoms with Gasteiger partial charge in [-0.05, 0) is 17.5 Å². The lowest BCUT2D eigenvalue weighted by Gasteiger charge is -2.26. The molecule has 2 aromatic carbocycles. The van der Waals surface area contributed by atoms with Gasteiger partial charge in [0.15, 0.2) is 0 Å². The van der Waals surface area contributed by atoms with Gasteiger partial charge < -0.3 is 10.6 Å². The first kappa shape index (κ1) is 21.8. The summed E-state index contributed by atoms with van der Waals surface area (Å²) in [4.78, 5) is 39.7. The Morgan fingerprint density at radius 3 is 2.23 bits per heavy atom.